The van der Waals surface area contributed by atoms with Crippen molar-refractivity contribution in [1.82, 2.24) is 0 Å². The van der Waals surface area contributed by atoms with Gasteiger partial charge >= 0.3 is 5.97 Å². The minimum atomic E-state index is -0.907. The summed E-state index contributed by atoms with van der Waals surface area (Å²) in [5.74, 6) is -0.907. The van der Waals surface area contributed by atoms with E-state index >= 15 is 0 Å². The molecule has 0 aliphatic rings. The lowest BCUT2D eigenvalue weighted by Crippen LogP contribution is -2.01. The quantitative estimate of drug-likeness (QED) is 0.675. The fourth-order valence-corrected chi connectivity index (χ4v) is 0.888. The number of anilines is 1. The van der Waals surface area contributed by atoms with Gasteiger partial charge in [-0.1, -0.05) is 12.1 Å². The standard InChI is InChI=1S/C8H9NO2.C2H2/c1-9-7-5-3-2-4-6(7)8(10)11;1-2/h2-5,9H,1H3,(H,10,11);1-2H. The molecule has 3 heteroatoms. The monoisotopic (exact) mass is 177 g/mol. The van der Waals surface area contributed by atoms with Crippen molar-refractivity contribution >= 4 is 11.7 Å². The highest BCUT2D eigenvalue weighted by atomic mass is 16.4. The van der Waals surface area contributed by atoms with Crippen LogP contribution >= 0.6 is 0 Å². The topological polar surface area (TPSA) is 49.3 Å². The number of carboxylic acid groups (broad SMARTS) is 1. The molecule has 0 aromatic heterocycles. The third-order valence-corrected chi connectivity index (χ3v) is 1.43. The van der Waals surface area contributed by atoms with E-state index in [2.05, 4.69) is 18.2 Å². The maximum absolute atomic E-state index is 10.5. The molecule has 0 aliphatic carbocycles. The van der Waals surface area contributed by atoms with Crippen LogP contribution < -0.4 is 5.32 Å². The van der Waals surface area contributed by atoms with E-state index in [0.717, 1.165) is 0 Å². The van der Waals surface area contributed by atoms with Gasteiger partial charge in [-0.15, -0.1) is 12.8 Å². The Morgan fingerprint density at radius 3 is 2.31 bits per heavy atom. The Hall–Kier alpha value is -1.95. The average Bonchev–Trinajstić information content (AvgIpc) is 2.20. The molecule has 1 aromatic rings. The van der Waals surface area contributed by atoms with Crippen LogP contribution in [-0.2, 0) is 0 Å². The predicted molar refractivity (Wildman–Crippen MR) is 52.8 cm³/mol. The minimum Gasteiger partial charge on any atom is -0.478 e. The van der Waals surface area contributed by atoms with Gasteiger partial charge in [0.05, 0.1) is 5.56 Å². The summed E-state index contributed by atoms with van der Waals surface area (Å²) in [6.45, 7) is 0. The number of hydrogen-bond acceptors (Lipinski definition) is 2. The van der Waals surface area contributed by atoms with Gasteiger partial charge in [-0.05, 0) is 12.1 Å². The largest absolute Gasteiger partial charge is 0.478 e. The van der Waals surface area contributed by atoms with Crippen LogP contribution in [0.3, 0.4) is 0 Å². The molecule has 13 heavy (non-hydrogen) atoms. The van der Waals surface area contributed by atoms with Crippen molar-refractivity contribution < 1.29 is 9.90 Å². The van der Waals surface area contributed by atoms with Gasteiger partial charge in [-0.3, -0.25) is 0 Å². The van der Waals surface area contributed by atoms with Gasteiger partial charge in [0.15, 0.2) is 0 Å². The molecule has 0 aliphatic heterocycles. The van der Waals surface area contributed by atoms with Crippen molar-refractivity contribution in [2.75, 3.05) is 12.4 Å². The second-order valence-electron chi connectivity index (χ2n) is 2.10. The highest BCUT2D eigenvalue weighted by Gasteiger charge is 2.05. The smallest absolute Gasteiger partial charge is 0.337 e. The fourth-order valence-electron chi connectivity index (χ4n) is 0.888. The number of terminal acetylenes is 1. The number of aromatic carboxylic acids is 1. The van der Waals surface area contributed by atoms with E-state index in [1.165, 1.54) is 0 Å². The lowest BCUT2D eigenvalue weighted by atomic mass is 10.2. The summed E-state index contributed by atoms with van der Waals surface area (Å²) in [4.78, 5) is 10.5. The zero-order chi connectivity index (χ0) is 10.3. The maximum atomic E-state index is 10.5. The molecule has 0 amide bonds. The molecule has 0 heterocycles. The van der Waals surface area contributed by atoms with Gasteiger partial charge in [0, 0.05) is 12.7 Å². The zero-order valence-corrected chi connectivity index (χ0v) is 7.32. The number of nitrogens with one attached hydrogen (secondary N) is 1. The lowest BCUT2D eigenvalue weighted by molar-refractivity contribution is 0.0698. The number of benzene rings is 1. The molecule has 0 radical (unpaired) electrons. The first-order chi connectivity index (χ1) is 6.25. The van der Waals surface area contributed by atoms with Crippen molar-refractivity contribution in [3.05, 3.63) is 29.8 Å². The molecule has 0 spiro atoms. The molecule has 0 saturated heterocycles. The summed E-state index contributed by atoms with van der Waals surface area (Å²) in [6.07, 6.45) is 8.00. The molecule has 3 nitrogen and oxygen atoms in total. The van der Waals surface area contributed by atoms with Crippen LogP contribution in [0, 0.1) is 12.8 Å². The zero-order valence-electron chi connectivity index (χ0n) is 7.32. The summed E-state index contributed by atoms with van der Waals surface area (Å²) in [5.41, 5.74) is 0.940. The SMILES string of the molecule is C#C.CNc1ccccc1C(=O)O. The van der Waals surface area contributed by atoms with Gasteiger partial charge in [0.25, 0.3) is 0 Å². The number of carbonyl (C=O) groups is 1. The average molecular weight is 177 g/mol. The molecule has 68 valence electrons. The Kier molecular flexibility index (Phi) is 4.82. The van der Waals surface area contributed by atoms with Crippen LogP contribution in [0.4, 0.5) is 5.69 Å². The number of rotatable bonds is 2. The van der Waals surface area contributed by atoms with Crippen LogP contribution in [0.15, 0.2) is 24.3 Å². The summed E-state index contributed by atoms with van der Waals surface area (Å²) in [5, 5.41) is 11.5. The first-order valence-corrected chi connectivity index (χ1v) is 3.59. The van der Waals surface area contributed by atoms with Crippen LogP contribution in [0.25, 0.3) is 0 Å². The molecule has 0 fully saturated rings. The van der Waals surface area contributed by atoms with Gasteiger partial charge in [0.2, 0.25) is 0 Å². The normalized spacial score (nSPS) is 7.92. The molecule has 1 rings (SSSR count). The minimum absolute atomic E-state index is 0.301. The highest BCUT2D eigenvalue weighted by Crippen LogP contribution is 2.12. The van der Waals surface area contributed by atoms with Gasteiger partial charge < -0.3 is 10.4 Å². The number of hydrogen-bond donors (Lipinski definition) is 2. The molecule has 0 saturated carbocycles. The Labute approximate surface area is 77.4 Å². The van der Waals surface area contributed by atoms with Gasteiger partial charge in [-0.25, -0.2) is 4.79 Å². The number of carboxylic acids is 1. The molecule has 2 N–H and O–H groups in total. The Morgan fingerprint density at radius 1 is 1.38 bits per heavy atom. The maximum Gasteiger partial charge on any atom is 0.337 e. The molecular weight excluding hydrogens is 166 g/mol. The van der Waals surface area contributed by atoms with E-state index in [1.54, 1.807) is 31.3 Å². The van der Waals surface area contributed by atoms with Crippen LogP contribution in [0.2, 0.25) is 0 Å². The van der Waals surface area contributed by atoms with Gasteiger partial charge in [0.1, 0.15) is 0 Å². The second-order valence-corrected chi connectivity index (χ2v) is 2.10. The summed E-state index contributed by atoms with van der Waals surface area (Å²) >= 11 is 0. The lowest BCUT2D eigenvalue weighted by Gasteiger charge is -2.02. The molecular formula is C10H11NO2. The van der Waals surface area contributed by atoms with E-state index < -0.39 is 5.97 Å². The third-order valence-electron chi connectivity index (χ3n) is 1.43. The Bertz CT molecular complexity index is 305. The van der Waals surface area contributed by atoms with Crippen LogP contribution in [-0.4, -0.2) is 18.1 Å². The highest BCUT2D eigenvalue weighted by molar-refractivity contribution is 5.94. The molecule has 1 aromatic carbocycles. The van der Waals surface area contributed by atoms with Crippen molar-refractivity contribution in [1.29, 1.82) is 0 Å². The van der Waals surface area contributed by atoms with Crippen LogP contribution in [0.1, 0.15) is 10.4 Å². The third kappa shape index (κ3) is 2.88. The summed E-state index contributed by atoms with van der Waals surface area (Å²) in [7, 11) is 1.70. The predicted octanol–water partition coefficient (Wildman–Crippen LogP) is 1.68. The van der Waals surface area contributed by atoms with Crippen molar-refractivity contribution in [3.8, 4) is 12.8 Å². The van der Waals surface area contributed by atoms with E-state index in [1.807, 2.05) is 0 Å². The summed E-state index contributed by atoms with van der Waals surface area (Å²) < 4.78 is 0. The van der Waals surface area contributed by atoms with Crippen LogP contribution in [0.5, 0.6) is 0 Å². The fraction of sp³-hybridized carbons (Fsp3) is 0.100. The molecule has 0 atom stereocenters. The summed E-state index contributed by atoms with van der Waals surface area (Å²) in [6, 6.07) is 6.78. The first kappa shape index (κ1) is 11.1. The molecule has 0 bridgehead atoms. The second kappa shape index (κ2) is 5.67. The van der Waals surface area contributed by atoms with E-state index in [-0.39, 0.29) is 0 Å². The van der Waals surface area contributed by atoms with E-state index in [0.29, 0.717) is 11.3 Å². The van der Waals surface area contributed by atoms with E-state index in [9.17, 15) is 4.79 Å². The van der Waals surface area contributed by atoms with E-state index in [4.69, 9.17) is 5.11 Å². The first-order valence-electron chi connectivity index (χ1n) is 3.59. The van der Waals surface area contributed by atoms with Crippen molar-refractivity contribution in [3.63, 3.8) is 0 Å². The Morgan fingerprint density at radius 2 is 1.92 bits per heavy atom. The Balaban J connectivity index is 0.000000671. The number of para-hydroxylation sites is 1. The van der Waals surface area contributed by atoms with Crippen molar-refractivity contribution in [2.24, 2.45) is 0 Å². The van der Waals surface area contributed by atoms with Crippen molar-refractivity contribution in [2.45, 2.75) is 0 Å². The molecule has 0 unspecified atom stereocenters. The van der Waals surface area contributed by atoms with Gasteiger partial charge in [-0.2, -0.15) is 0 Å².